The molecular weight excluding hydrogens is 335 g/mol. The van der Waals surface area contributed by atoms with Gasteiger partial charge in [-0.25, -0.2) is 4.79 Å². The Bertz CT molecular complexity index is 845. The van der Waals surface area contributed by atoms with Crippen molar-refractivity contribution in [3.63, 3.8) is 0 Å². The Morgan fingerprint density at radius 3 is 2.64 bits per heavy atom. The Morgan fingerprint density at radius 1 is 1.32 bits per heavy atom. The van der Waals surface area contributed by atoms with Crippen LogP contribution in [0.3, 0.4) is 0 Å². The number of esters is 1. The number of aryl methyl sites for hydroxylation is 1. The van der Waals surface area contributed by atoms with E-state index in [2.05, 4.69) is 15.0 Å². The van der Waals surface area contributed by atoms with Crippen molar-refractivity contribution in [3.05, 3.63) is 47.3 Å². The lowest BCUT2D eigenvalue weighted by Gasteiger charge is -2.18. The van der Waals surface area contributed by atoms with E-state index in [1.54, 1.807) is 31.2 Å². The zero-order valence-electron chi connectivity index (χ0n) is 13.6. The van der Waals surface area contributed by atoms with Crippen LogP contribution in [-0.2, 0) is 9.53 Å². The number of carbonyl (C=O) groups excluding carboxylic acids is 1. The summed E-state index contributed by atoms with van der Waals surface area (Å²) in [5.41, 5.74) is -0.886. The van der Waals surface area contributed by atoms with Crippen molar-refractivity contribution in [2.24, 2.45) is 0 Å². The number of benzene rings is 1. The number of hydrogen-bond donors (Lipinski definition) is 2. The third-order valence-electron chi connectivity index (χ3n) is 3.32. The molecule has 0 spiro atoms. The van der Waals surface area contributed by atoms with Gasteiger partial charge in [0.05, 0.1) is 12.1 Å². The second-order valence-electron chi connectivity index (χ2n) is 5.10. The molecule has 0 atom stereocenters. The summed E-state index contributed by atoms with van der Waals surface area (Å²) in [6.07, 6.45) is -4.54. The minimum Gasteiger partial charge on any atom is -0.462 e. The van der Waals surface area contributed by atoms with Crippen LogP contribution in [0, 0.1) is 12.3 Å². The normalized spacial score (nSPS) is 12.5. The maximum Gasteiger partial charge on any atom is 0.432 e. The van der Waals surface area contributed by atoms with E-state index in [0.717, 1.165) is 5.69 Å². The monoisotopic (exact) mass is 351 g/mol. The number of hydrogen-bond acceptors (Lipinski definition) is 5. The van der Waals surface area contributed by atoms with Gasteiger partial charge in [0.15, 0.2) is 0 Å². The van der Waals surface area contributed by atoms with Crippen molar-refractivity contribution in [3.8, 4) is 0 Å². The Balaban J connectivity index is 2.59. The van der Waals surface area contributed by atoms with Crippen LogP contribution in [0.25, 0.3) is 10.9 Å². The van der Waals surface area contributed by atoms with E-state index >= 15 is 0 Å². The van der Waals surface area contributed by atoms with Gasteiger partial charge in [-0.1, -0.05) is 6.07 Å². The van der Waals surface area contributed by atoms with Gasteiger partial charge in [0, 0.05) is 23.0 Å². The molecule has 0 amide bonds. The summed E-state index contributed by atoms with van der Waals surface area (Å²) in [5.74, 6) is -1.22. The number of ether oxygens (including phenoxy) is 1. The van der Waals surface area contributed by atoms with Gasteiger partial charge in [0.25, 0.3) is 0 Å². The molecular formula is C17H16F3N3O2. The van der Waals surface area contributed by atoms with Crippen LogP contribution in [0.1, 0.15) is 12.6 Å². The maximum absolute atomic E-state index is 13.5. The van der Waals surface area contributed by atoms with Crippen molar-refractivity contribution in [1.82, 2.24) is 4.98 Å². The number of aromatic nitrogens is 1. The molecule has 0 radical (unpaired) electrons. The molecule has 0 aliphatic heterocycles. The summed E-state index contributed by atoms with van der Waals surface area (Å²) in [4.78, 5) is 16.0. The molecule has 5 nitrogen and oxygen atoms in total. The second kappa shape index (κ2) is 7.33. The molecule has 0 fully saturated rings. The van der Waals surface area contributed by atoms with Gasteiger partial charge in [-0.15, -0.1) is 0 Å². The largest absolute Gasteiger partial charge is 0.462 e. The van der Waals surface area contributed by atoms with E-state index in [-0.39, 0.29) is 12.3 Å². The number of nitrogens with zero attached hydrogens (tertiary/aromatic N) is 1. The third kappa shape index (κ3) is 4.14. The summed E-state index contributed by atoms with van der Waals surface area (Å²) in [6.45, 7) is 3.14. The minimum atomic E-state index is -4.88. The zero-order chi connectivity index (χ0) is 18.6. The van der Waals surface area contributed by atoms with Crippen LogP contribution in [0.15, 0.2) is 41.6 Å². The van der Waals surface area contributed by atoms with Crippen LogP contribution in [0.4, 0.5) is 18.9 Å². The van der Waals surface area contributed by atoms with E-state index in [1.807, 2.05) is 0 Å². The standard InChI is InChI=1S/C17H16F3N3O2/c1-3-25-16(24)12(9-21)15(17(18,19)20)23-14-6-4-5-13-11(14)8-7-10(2)22-13/h4-9,21,23H,3H2,1-2H3/b15-12+,21-9?. The van der Waals surface area contributed by atoms with E-state index in [9.17, 15) is 18.0 Å². The van der Waals surface area contributed by atoms with Gasteiger partial charge in [0.1, 0.15) is 11.3 Å². The number of fused-ring (bicyclic) bond motifs is 1. The number of alkyl halides is 3. The van der Waals surface area contributed by atoms with E-state index in [1.165, 1.54) is 13.0 Å². The first kappa shape index (κ1) is 18.4. The third-order valence-corrected chi connectivity index (χ3v) is 3.32. The van der Waals surface area contributed by atoms with Crippen LogP contribution < -0.4 is 5.32 Å². The van der Waals surface area contributed by atoms with Gasteiger partial charge >= 0.3 is 12.1 Å². The molecule has 0 aliphatic carbocycles. The predicted octanol–water partition coefficient (Wildman–Crippen LogP) is 3.98. The molecule has 25 heavy (non-hydrogen) atoms. The average Bonchev–Trinajstić information content (AvgIpc) is 2.53. The highest BCUT2D eigenvalue weighted by molar-refractivity contribution is 6.10. The lowest BCUT2D eigenvalue weighted by atomic mass is 10.1. The molecule has 0 saturated heterocycles. The SMILES string of the molecule is CCOC(=O)/C(C=N)=C(/Nc1cccc2nc(C)ccc12)C(F)(F)F. The highest BCUT2D eigenvalue weighted by atomic mass is 19.4. The van der Waals surface area contributed by atoms with E-state index < -0.39 is 23.4 Å². The Kier molecular flexibility index (Phi) is 5.41. The van der Waals surface area contributed by atoms with Gasteiger partial charge in [0.2, 0.25) is 0 Å². The quantitative estimate of drug-likeness (QED) is 0.485. The van der Waals surface area contributed by atoms with Crippen molar-refractivity contribution in [2.75, 3.05) is 11.9 Å². The van der Waals surface area contributed by atoms with Crippen LogP contribution in [0.2, 0.25) is 0 Å². The molecule has 0 saturated carbocycles. The van der Waals surface area contributed by atoms with Crippen molar-refractivity contribution >= 4 is 28.8 Å². The van der Waals surface area contributed by atoms with Gasteiger partial charge in [-0.05, 0) is 38.1 Å². The van der Waals surface area contributed by atoms with Crippen molar-refractivity contribution in [2.45, 2.75) is 20.0 Å². The number of nitrogens with one attached hydrogen (secondary N) is 2. The Morgan fingerprint density at radius 2 is 2.04 bits per heavy atom. The van der Waals surface area contributed by atoms with Gasteiger partial charge in [-0.3, -0.25) is 4.98 Å². The second-order valence-corrected chi connectivity index (χ2v) is 5.10. The fourth-order valence-electron chi connectivity index (χ4n) is 2.23. The molecule has 1 aromatic carbocycles. The van der Waals surface area contributed by atoms with Gasteiger partial charge < -0.3 is 15.5 Å². The van der Waals surface area contributed by atoms with Crippen molar-refractivity contribution < 1.29 is 22.7 Å². The topological polar surface area (TPSA) is 75.1 Å². The molecule has 1 aromatic heterocycles. The highest BCUT2D eigenvalue weighted by Gasteiger charge is 2.38. The number of halogens is 3. The molecule has 0 bridgehead atoms. The smallest absolute Gasteiger partial charge is 0.432 e. The molecule has 1 heterocycles. The van der Waals surface area contributed by atoms with Crippen LogP contribution in [0.5, 0.6) is 0 Å². The lowest BCUT2D eigenvalue weighted by Crippen LogP contribution is -2.25. The maximum atomic E-state index is 13.5. The molecule has 2 N–H and O–H groups in total. The predicted molar refractivity (Wildman–Crippen MR) is 88.6 cm³/mol. The number of rotatable bonds is 5. The van der Waals surface area contributed by atoms with Crippen LogP contribution in [-0.4, -0.2) is 30.0 Å². The minimum absolute atomic E-state index is 0.0984. The van der Waals surface area contributed by atoms with Gasteiger partial charge in [-0.2, -0.15) is 13.2 Å². The summed E-state index contributed by atoms with van der Waals surface area (Å²) in [5, 5.41) is 9.90. The van der Waals surface area contributed by atoms with Crippen LogP contribution >= 0.6 is 0 Å². The summed E-state index contributed by atoms with van der Waals surface area (Å²) < 4.78 is 45.0. The number of anilines is 1. The zero-order valence-corrected chi connectivity index (χ0v) is 13.6. The first-order valence-corrected chi connectivity index (χ1v) is 7.40. The molecule has 132 valence electrons. The molecule has 2 rings (SSSR count). The van der Waals surface area contributed by atoms with E-state index in [4.69, 9.17) is 5.41 Å². The lowest BCUT2D eigenvalue weighted by molar-refractivity contribution is -0.139. The van der Waals surface area contributed by atoms with E-state index in [0.29, 0.717) is 17.1 Å². The molecule has 0 unspecified atom stereocenters. The first-order chi connectivity index (χ1) is 11.8. The molecule has 0 aliphatic rings. The fraction of sp³-hybridized carbons (Fsp3) is 0.235. The first-order valence-electron chi connectivity index (χ1n) is 7.40. The summed E-state index contributed by atoms with van der Waals surface area (Å²) in [7, 11) is 0. The number of allylic oxidation sites excluding steroid dienone is 1. The summed E-state index contributed by atoms with van der Waals surface area (Å²) >= 11 is 0. The van der Waals surface area contributed by atoms with Crippen molar-refractivity contribution in [1.29, 1.82) is 5.41 Å². The highest BCUT2D eigenvalue weighted by Crippen LogP contribution is 2.32. The summed E-state index contributed by atoms with van der Waals surface area (Å²) in [6, 6.07) is 7.99. The number of carbonyl (C=O) groups is 1. The fourth-order valence-corrected chi connectivity index (χ4v) is 2.23. The molecule has 2 aromatic rings. The Hall–Kier alpha value is -2.90. The Labute approximate surface area is 142 Å². The molecule has 8 heteroatoms. The average molecular weight is 351 g/mol. The number of pyridine rings is 1.